The van der Waals surface area contributed by atoms with Crippen molar-refractivity contribution in [3.05, 3.63) is 30.3 Å². The molecule has 0 aliphatic carbocycles. The van der Waals surface area contributed by atoms with Crippen LogP contribution < -0.4 is 5.32 Å². The number of hydrogen-bond donors (Lipinski definition) is 1. The van der Waals surface area contributed by atoms with E-state index < -0.39 is 0 Å². The molecular weight excluding hydrogens is 320 g/mol. The number of ether oxygens (including phenoxy) is 2. The maximum absolute atomic E-state index is 6.09. The van der Waals surface area contributed by atoms with E-state index in [4.69, 9.17) is 14.0 Å². The molecule has 1 spiro atoms. The normalized spacial score (nSPS) is 23.0. The van der Waals surface area contributed by atoms with Crippen LogP contribution in [0.5, 0.6) is 0 Å². The van der Waals surface area contributed by atoms with E-state index in [0.29, 0.717) is 24.2 Å². The smallest absolute Gasteiger partial charge is 0.228 e. The quantitative estimate of drug-likeness (QED) is 0.888. The Morgan fingerprint density at radius 1 is 1.20 bits per heavy atom. The molecular formula is C18H24N4O3. The molecule has 4 rings (SSSR count). The molecule has 134 valence electrons. The van der Waals surface area contributed by atoms with E-state index in [2.05, 4.69) is 20.4 Å². The third-order valence-corrected chi connectivity index (χ3v) is 5.03. The van der Waals surface area contributed by atoms with Gasteiger partial charge in [0, 0.05) is 45.0 Å². The first-order valence-corrected chi connectivity index (χ1v) is 9.02. The summed E-state index contributed by atoms with van der Waals surface area (Å²) in [4.78, 5) is 8.66. The number of aromatic nitrogens is 3. The van der Waals surface area contributed by atoms with E-state index in [1.165, 1.54) is 0 Å². The van der Waals surface area contributed by atoms with E-state index >= 15 is 0 Å². The summed E-state index contributed by atoms with van der Waals surface area (Å²) in [7, 11) is 0. The Morgan fingerprint density at radius 3 is 2.96 bits per heavy atom. The molecule has 2 aromatic heterocycles. The molecule has 2 saturated heterocycles. The van der Waals surface area contributed by atoms with Crippen molar-refractivity contribution < 1.29 is 14.0 Å². The van der Waals surface area contributed by atoms with Crippen molar-refractivity contribution in [2.45, 2.75) is 43.7 Å². The van der Waals surface area contributed by atoms with Gasteiger partial charge in [0.1, 0.15) is 5.69 Å². The third-order valence-electron chi connectivity index (χ3n) is 5.03. The van der Waals surface area contributed by atoms with Crippen LogP contribution in [0.25, 0.3) is 11.5 Å². The van der Waals surface area contributed by atoms with Gasteiger partial charge >= 0.3 is 0 Å². The second-order valence-corrected chi connectivity index (χ2v) is 6.76. The Bertz CT molecular complexity index is 664. The van der Waals surface area contributed by atoms with E-state index in [1.54, 1.807) is 6.20 Å². The Morgan fingerprint density at radius 2 is 2.12 bits per heavy atom. The minimum atomic E-state index is 0.0187. The molecule has 2 aliphatic rings. The second-order valence-electron chi connectivity index (χ2n) is 6.76. The number of rotatable bonds is 5. The van der Waals surface area contributed by atoms with Crippen molar-refractivity contribution >= 4 is 0 Å². The van der Waals surface area contributed by atoms with Crippen LogP contribution in [-0.4, -0.2) is 53.1 Å². The van der Waals surface area contributed by atoms with Crippen LogP contribution in [-0.2, 0) is 15.9 Å². The second kappa shape index (κ2) is 7.59. The van der Waals surface area contributed by atoms with Gasteiger partial charge in [0.25, 0.3) is 0 Å². The lowest BCUT2D eigenvalue weighted by Crippen LogP contribution is -2.50. The minimum absolute atomic E-state index is 0.0187. The highest BCUT2D eigenvalue weighted by Gasteiger charge is 2.38. The summed E-state index contributed by atoms with van der Waals surface area (Å²) >= 11 is 0. The summed E-state index contributed by atoms with van der Waals surface area (Å²) in [6.07, 6.45) is 6.55. The molecule has 2 fully saturated rings. The Hall–Kier alpha value is -1.83. The average Bonchev–Trinajstić information content (AvgIpc) is 3.12. The van der Waals surface area contributed by atoms with E-state index in [-0.39, 0.29) is 5.60 Å². The first-order valence-electron chi connectivity index (χ1n) is 9.02. The molecule has 0 unspecified atom stereocenters. The fourth-order valence-corrected chi connectivity index (χ4v) is 3.63. The zero-order valence-corrected chi connectivity index (χ0v) is 14.3. The number of pyridine rings is 1. The van der Waals surface area contributed by atoms with E-state index in [1.807, 2.05) is 18.2 Å². The molecule has 2 aliphatic heterocycles. The Balaban J connectivity index is 1.27. The molecule has 25 heavy (non-hydrogen) atoms. The summed E-state index contributed by atoms with van der Waals surface area (Å²) in [5.41, 5.74) is 0.751. The van der Waals surface area contributed by atoms with Crippen LogP contribution in [0, 0.1) is 0 Å². The highest BCUT2D eigenvalue weighted by atomic mass is 16.5. The minimum Gasteiger partial charge on any atom is -0.381 e. The van der Waals surface area contributed by atoms with Crippen molar-refractivity contribution in [1.29, 1.82) is 0 Å². The maximum atomic E-state index is 6.09. The van der Waals surface area contributed by atoms with Crippen molar-refractivity contribution in [2.75, 3.05) is 26.4 Å². The van der Waals surface area contributed by atoms with Crippen LogP contribution in [0.1, 0.15) is 31.6 Å². The predicted molar refractivity (Wildman–Crippen MR) is 91.0 cm³/mol. The highest BCUT2D eigenvalue weighted by molar-refractivity contribution is 5.46. The van der Waals surface area contributed by atoms with Crippen molar-refractivity contribution in [2.24, 2.45) is 0 Å². The highest BCUT2D eigenvalue weighted by Crippen LogP contribution is 2.34. The number of nitrogens with one attached hydrogen (secondary N) is 1. The molecule has 7 nitrogen and oxygen atoms in total. The molecule has 1 atom stereocenters. The number of nitrogens with zero attached hydrogens (tertiary/aromatic N) is 3. The van der Waals surface area contributed by atoms with Crippen LogP contribution in [0.3, 0.4) is 0 Å². The average molecular weight is 344 g/mol. The van der Waals surface area contributed by atoms with Gasteiger partial charge in [0.15, 0.2) is 0 Å². The fraction of sp³-hybridized carbons (Fsp3) is 0.611. The first kappa shape index (κ1) is 16.6. The fourth-order valence-electron chi connectivity index (χ4n) is 3.63. The molecule has 2 aromatic rings. The molecule has 0 amide bonds. The lowest BCUT2D eigenvalue weighted by atomic mass is 9.84. The van der Waals surface area contributed by atoms with Crippen LogP contribution in [0.2, 0.25) is 0 Å². The summed E-state index contributed by atoms with van der Waals surface area (Å²) in [5, 5.41) is 7.64. The van der Waals surface area contributed by atoms with Gasteiger partial charge in [-0.2, -0.15) is 4.98 Å². The molecule has 1 N–H and O–H groups in total. The van der Waals surface area contributed by atoms with E-state index in [9.17, 15) is 0 Å². The van der Waals surface area contributed by atoms with Gasteiger partial charge in [0.2, 0.25) is 11.7 Å². The monoisotopic (exact) mass is 344 g/mol. The van der Waals surface area contributed by atoms with Crippen LogP contribution in [0.4, 0.5) is 0 Å². The lowest BCUT2D eigenvalue weighted by Gasteiger charge is -2.43. The van der Waals surface area contributed by atoms with Gasteiger partial charge in [-0.05, 0) is 37.8 Å². The summed E-state index contributed by atoms with van der Waals surface area (Å²) in [6, 6.07) is 6.14. The van der Waals surface area contributed by atoms with Crippen LogP contribution in [0.15, 0.2) is 28.9 Å². The van der Waals surface area contributed by atoms with Gasteiger partial charge in [-0.25, -0.2) is 0 Å². The Kier molecular flexibility index (Phi) is 5.05. The standard InChI is InChI=1S/C18H24N4O3/c1-2-8-20-15(3-1)17-21-16(25-22-17)4-9-19-14-5-10-24-18(13-14)6-11-23-12-7-18/h1-3,8,14,19H,4-7,9-13H2/t14-/m0/s1. The van der Waals surface area contributed by atoms with Crippen molar-refractivity contribution in [1.82, 2.24) is 20.4 Å². The van der Waals surface area contributed by atoms with E-state index in [0.717, 1.165) is 57.7 Å². The SMILES string of the molecule is c1ccc(-c2noc(CCN[C@H]3CCOC4(CCOCC4)C3)n2)nc1. The van der Waals surface area contributed by atoms with Crippen LogP contribution >= 0.6 is 0 Å². The number of hydrogen-bond acceptors (Lipinski definition) is 7. The molecule has 0 saturated carbocycles. The van der Waals surface area contributed by atoms with Gasteiger partial charge in [-0.1, -0.05) is 11.2 Å². The van der Waals surface area contributed by atoms with Gasteiger partial charge in [0.05, 0.1) is 5.60 Å². The summed E-state index contributed by atoms with van der Waals surface area (Å²) in [6.45, 7) is 3.26. The molecule has 0 bridgehead atoms. The first-order chi connectivity index (χ1) is 12.3. The zero-order chi connectivity index (χ0) is 17.0. The van der Waals surface area contributed by atoms with Gasteiger partial charge in [-0.15, -0.1) is 0 Å². The topological polar surface area (TPSA) is 82.3 Å². The third kappa shape index (κ3) is 4.05. The summed E-state index contributed by atoms with van der Waals surface area (Å²) < 4.78 is 16.9. The lowest BCUT2D eigenvalue weighted by molar-refractivity contribution is -0.140. The largest absolute Gasteiger partial charge is 0.381 e. The predicted octanol–water partition coefficient (Wildman–Crippen LogP) is 1.99. The van der Waals surface area contributed by atoms with Crippen molar-refractivity contribution in [3.8, 4) is 11.5 Å². The zero-order valence-electron chi connectivity index (χ0n) is 14.3. The molecule has 4 heterocycles. The summed E-state index contributed by atoms with van der Waals surface area (Å²) in [5.74, 6) is 1.18. The molecule has 0 radical (unpaired) electrons. The van der Waals surface area contributed by atoms with Crippen molar-refractivity contribution in [3.63, 3.8) is 0 Å². The Labute approximate surface area is 147 Å². The molecule has 0 aromatic carbocycles. The molecule has 7 heteroatoms. The van der Waals surface area contributed by atoms with Gasteiger partial charge < -0.3 is 19.3 Å². The maximum Gasteiger partial charge on any atom is 0.228 e. The van der Waals surface area contributed by atoms with Gasteiger partial charge in [-0.3, -0.25) is 4.98 Å².